The van der Waals surface area contributed by atoms with Crippen molar-refractivity contribution in [3.8, 4) is 0 Å². The molecule has 0 saturated heterocycles. The number of hydrogen-bond donors (Lipinski definition) is 2. The van der Waals surface area contributed by atoms with Gasteiger partial charge >= 0.3 is 5.97 Å². The lowest BCUT2D eigenvalue weighted by Crippen LogP contribution is -2.57. The first-order valence-corrected chi connectivity index (χ1v) is 9.31. The third-order valence-corrected chi connectivity index (χ3v) is 5.17. The van der Waals surface area contributed by atoms with E-state index in [4.69, 9.17) is 22.7 Å². The van der Waals surface area contributed by atoms with E-state index in [1.165, 1.54) is 7.11 Å². The van der Waals surface area contributed by atoms with E-state index < -0.39 is 11.5 Å². The van der Waals surface area contributed by atoms with Crippen LogP contribution in [0.1, 0.15) is 34.0 Å². The first kappa shape index (κ1) is 19.8. The summed E-state index contributed by atoms with van der Waals surface area (Å²) in [4.78, 5) is 26.9. The number of fused-ring (bicyclic) bond motifs is 1. The van der Waals surface area contributed by atoms with Gasteiger partial charge in [-0.05, 0) is 55.4 Å². The summed E-state index contributed by atoms with van der Waals surface area (Å²) in [6.07, 6.45) is 0.537. The van der Waals surface area contributed by atoms with E-state index in [1.807, 2.05) is 36.9 Å². The molecule has 0 saturated carbocycles. The second-order valence-corrected chi connectivity index (χ2v) is 7.62. The van der Waals surface area contributed by atoms with Crippen molar-refractivity contribution in [2.45, 2.75) is 32.4 Å². The van der Waals surface area contributed by atoms with Gasteiger partial charge in [0.2, 0.25) is 0 Å². The molecule has 7 heteroatoms. The molecule has 1 atom stereocenters. The Balaban J connectivity index is 2.00. The summed E-state index contributed by atoms with van der Waals surface area (Å²) in [6.45, 7) is 4.34. The highest BCUT2D eigenvalue weighted by Crippen LogP contribution is 2.40. The third-order valence-electron chi connectivity index (χ3n) is 5.07. The van der Waals surface area contributed by atoms with Crippen molar-refractivity contribution >= 4 is 34.9 Å². The van der Waals surface area contributed by atoms with E-state index in [0.29, 0.717) is 18.5 Å². The Labute approximate surface area is 169 Å². The van der Waals surface area contributed by atoms with Crippen LogP contribution in [0, 0.1) is 6.92 Å². The Morgan fingerprint density at radius 3 is 2.71 bits per heavy atom. The molecule has 146 valence electrons. The molecule has 0 aromatic heterocycles. The van der Waals surface area contributed by atoms with Gasteiger partial charge in [-0.25, -0.2) is 4.79 Å². The zero-order valence-electron chi connectivity index (χ0n) is 16.1. The van der Waals surface area contributed by atoms with Gasteiger partial charge in [-0.15, -0.1) is 0 Å². The van der Waals surface area contributed by atoms with Crippen LogP contribution in [0.5, 0.6) is 0 Å². The normalized spacial score (nSPS) is 17.8. The Morgan fingerprint density at radius 2 is 2.04 bits per heavy atom. The first-order chi connectivity index (χ1) is 13.2. The number of aryl methyl sites for hydroxylation is 1. The lowest BCUT2D eigenvalue weighted by Gasteiger charge is -2.36. The Hall–Kier alpha value is -2.93. The Kier molecular flexibility index (Phi) is 5.38. The molecular weight excluding hydrogens is 374 g/mol. The van der Waals surface area contributed by atoms with Gasteiger partial charge in [-0.1, -0.05) is 29.8 Å². The van der Waals surface area contributed by atoms with Crippen LogP contribution in [0.3, 0.4) is 0 Å². The maximum Gasteiger partial charge on any atom is 0.337 e. The molecule has 6 nitrogen and oxygen atoms in total. The summed E-state index contributed by atoms with van der Waals surface area (Å²) >= 11 is 4.87. The smallest absolute Gasteiger partial charge is 0.337 e. The predicted molar refractivity (Wildman–Crippen MR) is 112 cm³/mol. The summed E-state index contributed by atoms with van der Waals surface area (Å²) in [5.41, 5.74) is 9.25. The molecule has 2 aromatic rings. The maximum absolute atomic E-state index is 13.0. The van der Waals surface area contributed by atoms with Crippen LogP contribution >= 0.6 is 12.2 Å². The van der Waals surface area contributed by atoms with E-state index in [0.717, 1.165) is 22.4 Å². The molecule has 3 N–H and O–H groups in total. The van der Waals surface area contributed by atoms with E-state index in [1.54, 1.807) is 18.2 Å². The number of ether oxygens (including phenoxy) is 1. The minimum Gasteiger partial charge on any atom is -0.465 e. The van der Waals surface area contributed by atoms with E-state index in [-0.39, 0.29) is 11.0 Å². The molecule has 0 bridgehead atoms. The molecule has 28 heavy (non-hydrogen) atoms. The lowest BCUT2D eigenvalue weighted by molar-refractivity contribution is -0.124. The molecule has 1 heterocycles. The van der Waals surface area contributed by atoms with Crippen LogP contribution in [-0.2, 0) is 22.5 Å². The standard InChI is InChI=1S/C21H23N3O3S/c1-13-7-8-17-16(9-13)11-21(2,19(26)23-20(22)28)24(17)12-14-5-4-6-15(10-14)18(25)27-3/h4-10H,11-12H2,1-3H3,(H3,22,23,26,28). The van der Waals surface area contributed by atoms with Crippen LogP contribution in [0.2, 0.25) is 0 Å². The van der Waals surface area contributed by atoms with Gasteiger partial charge in [-0.2, -0.15) is 0 Å². The molecule has 0 radical (unpaired) electrons. The average molecular weight is 398 g/mol. The molecule has 2 aromatic carbocycles. The molecule has 0 spiro atoms. The Morgan fingerprint density at radius 1 is 1.29 bits per heavy atom. The molecular formula is C21H23N3O3S. The topological polar surface area (TPSA) is 84.7 Å². The maximum atomic E-state index is 13.0. The van der Waals surface area contributed by atoms with Crippen LogP contribution in [0.15, 0.2) is 42.5 Å². The largest absolute Gasteiger partial charge is 0.465 e. The van der Waals surface area contributed by atoms with Gasteiger partial charge < -0.3 is 20.7 Å². The summed E-state index contributed by atoms with van der Waals surface area (Å²) in [5, 5.41) is 2.53. The van der Waals surface area contributed by atoms with Gasteiger partial charge in [0.25, 0.3) is 5.91 Å². The first-order valence-electron chi connectivity index (χ1n) is 8.90. The fourth-order valence-electron chi connectivity index (χ4n) is 3.66. The zero-order chi connectivity index (χ0) is 20.5. The van der Waals surface area contributed by atoms with Crippen LogP contribution in [0.4, 0.5) is 5.69 Å². The Bertz CT molecular complexity index is 960. The van der Waals surface area contributed by atoms with Crippen LogP contribution in [-0.4, -0.2) is 29.6 Å². The molecule has 1 unspecified atom stereocenters. The number of anilines is 1. The number of benzene rings is 2. The van der Waals surface area contributed by atoms with Crippen molar-refractivity contribution in [3.63, 3.8) is 0 Å². The number of nitrogens with one attached hydrogen (secondary N) is 1. The summed E-state index contributed by atoms with van der Waals surface area (Å²) in [7, 11) is 1.35. The van der Waals surface area contributed by atoms with Crippen LogP contribution < -0.4 is 16.0 Å². The monoisotopic (exact) mass is 397 g/mol. The molecule has 0 aliphatic carbocycles. The summed E-state index contributed by atoms with van der Waals surface area (Å²) in [5.74, 6) is -0.647. The van der Waals surface area contributed by atoms with Gasteiger partial charge in [-0.3, -0.25) is 4.79 Å². The van der Waals surface area contributed by atoms with Crippen molar-refractivity contribution < 1.29 is 14.3 Å². The number of thiocarbonyl (C=S) groups is 1. The van der Waals surface area contributed by atoms with E-state index in [9.17, 15) is 9.59 Å². The van der Waals surface area contributed by atoms with Gasteiger partial charge in [0.05, 0.1) is 12.7 Å². The third kappa shape index (κ3) is 3.71. The molecule has 1 aliphatic rings. The lowest BCUT2D eigenvalue weighted by atomic mass is 9.94. The van der Waals surface area contributed by atoms with E-state index >= 15 is 0 Å². The summed E-state index contributed by atoms with van der Waals surface area (Å²) < 4.78 is 4.81. The number of esters is 1. The molecule has 1 amide bonds. The number of nitrogens with zero attached hydrogens (tertiary/aromatic N) is 1. The van der Waals surface area contributed by atoms with Crippen molar-refractivity contribution in [3.05, 3.63) is 64.7 Å². The number of nitrogens with two attached hydrogens (primary N) is 1. The van der Waals surface area contributed by atoms with Gasteiger partial charge in [0, 0.05) is 18.7 Å². The quantitative estimate of drug-likeness (QED) is 0.609. The molecule has 0 fully saturated rings. The fraction of sp³-hybridized carbons (Fsp3) is 0.286. The SMILES string of the molecule is COC(=O)c1cccc(CN2c3ccc(C)cc3CC2(C)C(=O)NC(N)=S)c1. The second-order valence-electron chi connectivity index (χ2n) is 7.18. The van der Waals surface area contributed by atoms with Crippen LogP contribution in [0.25, 0.3) is 0 Å². The predicted octanol–water partition coefficient (Wildman–Crippen LogP) is 2.46. The number of methoxy groups -OCH3 is 1. The van der Waals surface area contributed by atoms with Crippen molar-refractivity contribution in [1.29, 1.82) is 0 Å². The molecule has 1 aliphatic heterocycles. The highest BCUT2D eigenvalue weighted by Gasteiger charge is 2.46. The average Bonchev–Trinajstić information content (AvgIpc) is 2.93. The second kappa shape index (κ2) is 7.59. The number of carbonyl (C=O) groups is 2. The molecule has 3 rings (SSSR count). The highest BCUT2D eigenvalue weighted by molar-refractivity contribution is 7.80. The van der Waals surface area contributed by atoms with E-state index in [2.05, 4.69) is 11.4 Å². The minimum absolute atomic E-state index is 0.0500. The number of hydrogen-bond acceptors (Lipinski definition) is 5. The van der Waals surface area contributed by atoms with Crippen molar-refractivity contribution in [2.24, 2.45) is 5.73 Å². The zero-order valence-corrected chi connectivity index (χ0v) is 16.9. The fourth-order valence-corrected chi connectivity index (χ4v) is 3.75. The van der Waals surface area contributed by atoms with Crippen molar-refractivity contribution in [2.75, 3.05) is 12.0 Å². The highest BCUT2D eigenvalue weighted by atomic mass is 32.1. The number of rotatable bonds is 4. The number of carbonyl (C=O) groups excluding carboxylic acids is 2. The summed E-state index contributed by atoms with van der Waals surface area (Å²) in [6, 6.07) is 13.3. The van der Waals surface area contributed by atoms with Crippen molar-refractivity contribution in [1.82, 2.24) is 5.32 Å². The number of amides is 1. The minimum atomic E-state index is -0.860. The van der Waals surface area contributed by atoms with Gasteiger partial charge in [0.15, 0.2) is 5.11 Å². The van der Waals surface area contributed by atoms with Gasteiger partial charge in [0.1, 0.15) is 5.54 Å².